The molecule has 0 fully saturated rings. The molecule has 0 unspecified atom stereocenters. The molecule has 0 atom stereocenters. The van der Waals surface area contributed by atoms with Crippen LogP contribution in [-0.4, -0.2) is 40.0 Å². The van der Waals surface area contributed by atoms with Gasteiger partial charge < -0.3 is 26.5 Å². The largest absolute Gasteiger partial charge is 0.478 e. The number of ether oxygens (including phenoxy) is 1. The molecule has 0 aliphatic heterocycles. The normalized spacial score (nSPS) is 10.7. The van der Waals surface area contributed by atoms with E-state index in [2.05, 4.69) is 25.8 Å². The van der Waals surface area contributed by atoms with Crippen LogP contribution in [0.3, 0.4) is 0 Å². The van der Waals surface area contributed by atoms with Crippen molar-refractivity contribution in [3.05, 3.63) is 47.5 Å². The molecule has 6 N–H and O–H groups in total. The predicted molar refractivity (Wildman–Crippen MR) is 113 cm³/mol. The van der Waals surface area contributed by atoms with E-state index in [4.69, 9.17) is 15.9 Å². The number of nitrogens with one attached hydrogen (secondary N) is 4. The molecule has 0 spiro atoms. The monoisotopic (exact) mass is 429 g/mol. The Balaban J connectivity index is 1.74. The van der Waals surface area contributed by atoms with Gasteiger partial charge in [-0.2, -0.15) is 4.98 Å². The van der Waals surface area contributed by atoms with Gasteiger partial charge in [-0.1, -0.05) is 0 Å². The third-order valence-corrected chi connectivity index (χ3v) is 4.05. The van der Waals surface area contributed by atoms with Crippen LogP contribution in [0, 0.1) is 17.0 Å². The maximum atomic E-state index is 14.4. The van der Waals surface area contributed by atoms with E-state index in [1.165, 1.54) is 0 Å². The maximum Gasteiger partial charge on any atom is 0.258 e. The first-order valence-electron chi connectivity index (χ1n) is 9.28. The van der Waals surface area contributed by atoms with Crippen molar-refractivity contribution in [1.82, 2.24) is 20.5 Å². The lowest BCUT2D eigenvalue weighted by atomic mass is 10.2. The lowest BCUT2D eigenvalue weighted by Crippen LogP contribution is -2.34. The van der Waals surface area contributed by atoms with Crippen molar-refractivity contribution in [2.24, 2.45) is 0 Å². The Morgan fingerprint density at radius 1 is 1.29 bits per heavy atom. The number of halogens is 2. The van der Waals surface area contributed by atoms with Crippen molar-refractivity contribution in [2.45, 2.75) is 19.9 Å². The van der Waals surface area contributed by atoms with Gasteiger partial charge in [0, 0.05) is 34.8 Å². The Morgan fingerprint density at radius 2 is 2.00 bits per heavy atom. The Kier molecular flexibility index (Phi) is 6.43. The van der Waals surface area contributed by atoms with Gasteiger partial charge in [0.25, 0.3) is 5.91 Å². The average molecular weight is 429 g/mol. The molecule has 0 radical (unpaired) electrons. The Morgan fingerprint density at radius 3 is 2.65 bits per heavy atom. The number of carbonyl (C=O) groups is 1. The van der Waals surface area contributed by atoms with E-state index in [1.807, 2.05) is 0 Å². The second-order valence-corrected chi connectivity index (χ2v) is 6.90. The fraction of sp³-hybridized carbons (Fsp3) is 0.200. The molecule has 1 heterocycles. The fourth-order valence-corrected chi connectivity index (χ4v) is 2.69. The molecule has 3 aromatic rings. The van der Waals surface area contributed by atoms with E-state index in [1.54, 1.807) is 32.0 Å². The summed E-state index contributed by atoms with van der Waals surface area (Å²) in [4.78, 5) is 15.8. The predicted octanol–water partition coefficient (Wildman–Crippen LogP) is 2.98. The quantitative estimate of drug-likeness (QED) is 0.275. The third-order valence-electron chi connectivity index (χ3n) is 4.05. The van der Waals surface area contributed by atoms with E-state index in [0.29, 0.717) is 16.9 Å². The topological polar surface area (TPSA) is 142 Å². The smallest absolute Gasteiger partial charge is 0.258 e. The molecular formula is C20H21F2N7O2. The summed E-state index contributed by atoms with van der Waals surface area (Å²) in [6, 6.07) is 6.88. The highest BCUT2D eigenvalue weighted by atomic mass is 19.1. The fourth-order valence-electron chi connectivity index (χ4n) is 2.69. The van der Waals surface area contributed by atoms with Crippen LogP contribution in [0.2, 0.25) is 0 Å². The first kappa shape index (κ1) is 21.7. The van der Waals surface area contributed by atoms with Crippen molar-refractivity contribution in [3.63, 3.8) is 0 Å². The second-order valence-electron chi connectivity index (χ2n) is 6.90. The first-order valence-corrected chi connectivity index (χ1v) is 9.28. The number of hydrogen-bond acceptors (Lipinski definition) is 7. The minimum absolute atomic E-state index is 0.104. The van der Waals surface area contributed by atoms with Crippen molar-refractivity contribution < 1.29 is 18.3 Å². The van der Waals surface area contributed by atoms with Gasteiger partial charge in [-0.25, -0.2) is 8.78 Å². The number of nitrogen functional groups attached to an aromatic ring is 1. The summed E-state index contributed by atoms with van der Waals surface area (Å²) in [5, 5.41) is 19.4. The molecule has 3 rings (SSSR count). The van der Waals surface area contributed by atoms with E-state index in [9.17, 15) is 13.6 Å². The molecule has 0 aliphatic carbocycles. The average Bonchev–Trinajstić information content (AvgIpc) is 3.16. The minimum Gasteiger partial charge on any atom is -0.478 e. The summed E-state index contributed by atoms with van der Waals surface area (Å²) in [7, 11) is 0. The lowest BCUT2D eigenvalue weighted by Gasteiger charge is -2.11. The van der Waals surface area contributed by atoms with Crippen LogP contribution in [0.25, 0.3) is 11.4 Å². The Labute approximate surface area is 176 Å². The number of hydrogen-bond donors (Lipinski definition) is 5. The SMILES string of the molecule is CC(C)NC(=O)COc1c(F)cc(-c2nc(Nc3ccc(N)c(C=N)c3)n[nH]2)cc1F. The number of H-pyrrole nitrogens is 1. The summed E-state index contributed by atoms with van der Waals surface area (Å²) in [5.74, 6) is -2.83. The second kappa shape index (κ2) is 9.20. The van der Waals surface area contributed by atoms with Gasteiger partial charge in [-0.3, -0.25) is 9.89 Å². The molecular weight excluding hydrogens is 408 g/mol. The number of amides is 1. The van der Waals surface area contributed by atoms with Gasteiger partial charge in [-0.15, -0.1) is 5.10 Å². The molecule has 31 heavy (non-hydrogen) atoms. The molecule has 1 amide bonds. The number of nitrogens with zero attached hydrogens (tertiary/aromatic N) is 2. The highest BCUT2D eigenvalue weighted by molar-refractivity contribution is 5.87. The van der Waals surface area contributed by atoms with Crippen LogP contribution in [0.5, 0.6) is 5.75 Å². The molecule has 11 heteroatoms. The number of carbonyl (C=O) groups excluding carboxylic acids is 1. The molecule has 0 aliphatic rings. The van der Waals surface area contributed by atoms with Crippen LogP contribution >= 0.6 is 0 Å². The van der Waals surface area contributed by atoms with Crippen molar-refractivity contribution in [3.8, 4) is 17.1 Å². The molecule has 0 saturated carbocycles. The van der Waals surface area contributed by atoms with E-state index >= 15 is 0 Å². The highest BCUT2D eigenvalue weighted by Gasteiger charge is 2.17. The number of aromatic amines is 1. The van der Waals surface area contributed by atoms with Gasteiger partial charge in [-0.05, 0) is 44.2 Å². The Hall–Kier alpha value is -4.02. The van der Waals surface area contributed by atoms with Crippen LogP contribution in [-0.2, 0) is 4.79 Å². The number of benzene rings is 2. The zero-order valence-corrected chi connectivity index (χ0v) is 16.8. The molecule has 162 valence electrons. The number of nitrogens with two attached hydrogens (primary N) is 1. The molecule has 9 nitrogen and oxygen atoms in total. The van der Waals surface area contributed by atoms with Crippen LogP contribution < -0.4 is 21.1 Å². The third kappa shape index (κ3) is 5.32. The number of aromatic nitrogens is 3. The van der Waals surface area contributed by atoms with Crippen LogP contribution in [0.15, 0.2) is 30.3 Å². The van der Waals surface area contributed by atoms with Crippen LogP contribution in [0.4, 0.5) is 26.1 Å². The van der Waals surface area contributed by atoms with E-state index < -0.39 is 29.9 Å². The zero-order valence-electron chi connectivity index (χ0n) is 16.8. The van der Waals surface area contributed by atoms with Gasteiger partial charge in [0.15, 0.2) is 29.8 Å². The van der Waals surface area contributed by atoms with Gasteiger partial charge in [0.05, 0.1) is 0 Å². The lowest BCUT2D eigenvalue weighted by molar-refractivity contribution is -0.123. The summed E-state index contributed by atoms with van der Waals surface area (Å²) < 4.78 is 33.7. The highest BCUT2D eigenvalue weighted by Crippen LogP contribution is 2.28. The van der Waals surface area contributed by atoms with E-state index in [-0.39, 0.29) is 23.4 Å². The maximum absolute atomic E-state index is 14.4. The summed E-state index contributed by atoms with van der Waals surface area (Å²) in [6.07, 6.45) is 1.12. The minimum atomic E-state index is -0.979. The summed E-state index contributed by atoms with van der Waals surface area (Å²) in [6.45, 7) is 3.00. The molecule has 2 aromatic carbocycles. The molecule has 1 aromatic heterocycles. The van der Waals surface area contributed by atoms with Gasteiger partial charge in [0.1, 0.15) is 0 Å². The summed E-state index contributed by atoms with van der Waals surface area (Å²) >= 11 is 0. The van der Waals surface area contributed by atoms with Crippen molar-refractivity contribution in [2.75, 3.05) is 17.7 Å². The standard InChI is InChI=1S/C20H21F2N7O2/c1-10(2)25-17(30)9-31-18-14(21)6-11(7-15(18)22)19-27-20(29-28-19)26-13-3-4-16(24)12(5-13)8-23/h3-8,10,23H,9,24H2,1-2H3,(H,25,30)(H2,26,27,28,29). The van der Waals surface area contributed by atoms with Crippen LogP contribution in [0.1, 0.15) is 19.4 Å². The van der Waals surface area contributed by atoms with E-state index in [0.717, 1.165) is 18.3 Å². The molecule has 0 saturated heterocycles. The first-order chi connectivity index (χ1) is 14.8. The summed E-state index contributed by atoms with van der Waals surface area (Å²) in [5.41, 5.74) is 7.41. The molecule has 0 bridgehead atoms. The zero-order chi connectivity index (χ0) is 22.5. The van der Waals surface area contributed by atoms with Crippen molar-refractivity contribution in [1.29, 1.82) is 5.41 Å². The van der Waals surface area contributed by atoms with Crippen molar-refractivity contribution >= 4 is 29.4 Å². The van der Waals surface area contributed by atoms with Gasteiger partial charge >= 0.3 is 0 Å². The number of anilines is 3. The Bertz CT molecular complexity index is 1090. The number of rotatable bonds is 8. The van der Waals surface area contributed by atoms with Gasteiger partial charge in [0.2, 0.25) is 5.95 Å².